The lowest BCUT2D eigenvalue weighted by Crippen LogP contribution is -2.57. The van der Waals surface area contributed by atoms with E-state index in [9.17, 15) is 24.9 Å². The predicted octanol–water partition coefficient (Wildman–Crippen LogP) is 4.84. The third-order valence-electron chi connectivity index (χ3n) is 13.3. The average Bonchev–Trinajstić information content (AvgIpc) is 3.77. The van der Waals surface area contributed by atoms with Crippen molar-refractivity contribution in [2.24, 2.45) is 35.5 Å². The van der Waals surface area contributed by atoms with E-state index in [0.717, 1.165) is 32.1 Å². The summed E-state index contributed by atoms with van der Waals surface area (Å²) in [6.07, 6.45) is 2.92. The number of rotatable bonds is 11. The first-order chi connectivity index (χ1) is 23.4. The van der Waals surface area contributed by atoms with E-state index in [1.807, 2.05) is 20.8 Å². The van der Waals surface area contributed by atoms with Crippen molar-refractivity contribution in [2.45, 2.75) is 179 Å². The number of methoxy groups -OCH3 is 1. The van der Waals surface area contributed by atoms with Gasteiger partial charge in [-0.25, -0.2) is 0 Å². The van der Waals surface area contributed by atoms with Gasteiger partial charge in [0, 0.05) is 44.6 Å². The Hall–Kier alpha value is -1.38. The quantitative estimate of drug-likeness (QED) is 0.251. The summed E-state index contributed by atoms with van der Waals surface area (Å²) in [5, 5.41) is 30.7. The summed E-state index contributed by atoms with van der Waals surface area (Å²) in [5.41, 5.74) is -1.21. The molecule has 1 spiro atoms. The highest BCUT2D eigenvalue weighted by molar-refractivity contribution is 5.70. The highest BCUT2D eigenvalue weighted by atomic mass is 16.7. The van der Waals surface area contributed by atoms with E-state index in [1.54, 1.807) is 6.92 Å². The zero-order chi connectivity index (χ0) is 37.0. The number of aliphatic hydroxyl groups excluding tert-OH is 1. The summed E-state index contributed by atoms with van der Waals surface area (Å²) < 4.78 is 45.6. The lowest BCUT2D eigenvalue weighted by atomic mass is 9.78. The van der Waals surface area contributed by atoms with E-state index >= 15 is 0 Å². The number of carboxylic acid groups (broad SMARTS) is 1. The lowest BCUT2D eigenvalue weighted by Gasteiger charge is -2.49. The van der Waals surface area contributed by atoms with Crippen LogP contribution in [0.1, 0.15) is 114 Å². The minimum absolute atomic E-state index is 0.164. The molecule has 0 bridgehead atoms. The Labute approximate surface area is 298 Å². The maximum Gasteiger partial charge on any atom is 0.308 e. The highest BCUT2D eigenvalue weighted by Crippen LogP contribution is 2.55. The van der Waals surface area contributed by atoms with E-state index in [2.05, 4.69) is 27.7 Å². The number of hydrogen-bond acceptors (Lipinski definition) is 11. The molecule has 17 atom stereocenters. The van der Waals surface area contributed by atoms with Crippen molar-refractivity contribution in [3.8, 4) is 0 Å². The van der Waals surface area contributed by atoms with Gasteiger partial charge in [0.1, 0.15) is 6.10 Å². The first-order valence-electron chi connectivity index (χ1n) is 19.0. The van der Waals surface area contributed by atoms with Gasteiger partial charge in [-0.2, -0.15) is 0 Å². The van der Waals surface area contributed by atoms with E-state index < -0.39 is 59.6 Å². The largest absolute Gasteiger partial charge is 0.481 e. The molecule has 0 aliphatic carbocycles. The highest BCUT2D eigenvalue weighted by Gasteiger charge is 2.62. The molecule has 3 N–H and O–H groups in total. The zero-order valence-electron chi connectivity index (χ0n) is 31.9. The Balaban J connectivity index is 1.33. The van der Waals surface area contributed by atoms with Crippen LogP contribution in [0.5, 0.6) is 0 Å². The standard InChI is InChI=1S/C38H64O12/c1-11-36(33-21(3)17-27(46-33)30-20(2)16-22(4)38(43,19-39)49-30)13-12-29(47-36)35(9)14-15-37(50-35)18-28(45-26(8)40)23(5)32(48-37)24(6)31(44-10)25(7)34(41)42/h20-25,27-33,39,43H,11-19H2,1-10H3,(H,41,42)/t20-,21-,22+,23+,24-,25-,27-,28-,29+,30-,31+,32-,33+,35+,36-,37+,38-/m0/s1. The van der Waals surface area contributed by atoms with Gasteiger partial charge in [0.15, 0.2) is 11.6 Å². The van der Waals surface area contributed by atoms with Crippen molar-refractivity contribution in [1.29, 1.82) is 0 Å². The SMILES string of the molecule is CC[C@@]1([C@@H]2O[C@H]([C@H]3O[C@@](O)(CO)[C@H](C)C[C@@H]3C)C[C@@H]2C)CC[C@H]([C@@]2(C)CC[C@]3(C[C@H](OC(C)=O)[C@@H](C)[C@@H]([C@@H](C)[C@@H](OC)[C@H](C)C(=O)O)O3)O2)O1. The van der Waals surface area contributed by atoms with Crippen LogP contribution in [0.4, 0.5) is 0 Å². The van der Waals surface area contributed by atoms with Crippen LogP contribution in [0.15, 0.2) is 0 Å². The number of ether oxygens (including phenoxy) is 7. The van der Waals surface area contributed by atoms with Crippen LogP contribution >= 0.6 is 0 Å². The Kier molecular flexibility index (Phi) is 11.8. The molecule has 12 heteroatoms. The van der Waals surface area contributed by atoms with Gasteiger partial charge < -0.3 is 48.5 Å². The molecular weight excluding hydrogens is 648 g/mol. The first kappa shape index (κ1) is 39.8. The number of hydrogen-bond donors (Lipinski definition) is 3. The summed E-state index contributed by atoms with van der Waals surface area (Å²) >= 11 is 0. The van der Waals surface area contributed by atoms with Crippen molar-refractivity contribution in [2.75, 3.05) is 13.7 Å². The lowest BCUT2D eigenvalue weighted by molar-refractivity contribution is -0.336. The normalized spacial score (nSPS) is 48.4. The summed E-state index contributed by atoms with van der Waals surface area (Å²) in [6.45, 7) is 16.9. The molecule has 0 unspecified atom stereocenters. The molecule has 50 heavy (non-hydrogen) atoms. The predicted molar refractivity (Wildman–Crippen MR) is 182 cm³/mol. The second kappa shape index (κ2) is 14.8. The van der Waals surface area contributed by atoms with Crippen LogP contribution in [0, 0.1) is 35.5 Å². The van der Waals surface area contributed by atoms with Gasteiger partial charge >= 0.3 is 11.9 Å². The Morgan fingerprint density at radius 2 is 1.70 bits per heavy atom. The van der Waals surface area contributed by atoms with Crippen LogP contribution in [-0.2, 0) is 42.7 Å². The van der Waals surface area contributed by atoms with E-state index in [1.165, 1.54) is 14.0 Å². The Morgan fingerprint density at radius 3 is 2.30 bits per heavy atom. The third-order valence-corrected chi connectivity index (χ3v) is 13.3. The molecule has 5 rings (SSSR count). The molecule has 288 valence electrons. The smallest absolute Gasteiger partial charge is 0.308 e. The van der Waals surface area contributed by atoms with Crippen molar-refractivity contribution in [1.82, 2.24) is 0 Å². The van der Waals surface area contributed by atoms with Gasteiger partial charge in [-0.1, -0.05) is 41.5 Å². The molecule has 5 fully saturated rings. The fraction of sp³-hybridized carbons (Fsp3) is 0.947. The molecule has 0 saturated carbocycles. The fourth-order valence-corrected chi connectivity index (χ4v) is 10.3. The van der Waals surface area contributed by atoms with Crippen LogP contribution in [0.3, 0.4) is 0 Å². The molecular formula is C38H64O12. The third kappa shape index (κ3) is 7.26. The minimum atomic E-state index is -1.58. The maximum absolute atomic E-state index is 12.3. The maximum atomic E-state index is 12.3. The Bertz CT molecular complexity index is 1220. The zero-order valence-corrected chi connectivity index (χ0v) is 31.9. The van der Waals surface area contributed by atoms with Gasteiger partial charge in [-0.3, -0.25) is 9.59 Å². The van der Waals surface area contributed by atoms with Crippen molar-refractivity contribution >= 4 is 11.9 Å². The second-order valence-electron chi connectivity index (χ2n) is 16.9. The molecule has 5 aliphatic rings. The average molecular weight is 713 g/mol. The molecule has 0 aromatic carbocycles. The molecule has 0 radical (unpaired) electrons. The number of aliphatic hydroxyl groups is 2. The number of carbonyl (C=O) groups is 2. The van der Waals surface area contributed by atoms with Gasteiger partial charge in [0.2, 0.25) is 0 Å². The first-order valence-corrected chi connectivity index (χ1v) is 19.0. The van der Waals surface area contributed by atoms with Crippen LogP contribution in [0.2, 0.25) is 0 Å². The van der Waals surface area contributed by atoms with Crippen LogP contribution in [-0.4, -0.2) is 106 Å². The number of carbonyl (C=O) groups excluding carboxylic acids is 1. The van der Waals surface area contributed by atoms with Gasteiger partial charge in [-0.15, -0.1) is 0 Å². The van der Waals surface area contributed by atoms with Gasteiger partial charge in [0.25, 0.3) is 0 Å². The summed E-state index contributed by atoms with van der Waals surface area (Å²) in [6, 6.07) is 0. The second-order valence-corrected chi connectivity index (χ2v) is 16.9. The molecule has 0 amide bonds. The van der Waals surface area contributed by atoms with E-state index in [0.29, 0.717) is 19.3 Å². The molecule has 5 aliphatic heterocycles. The molecule has 12 nitrogen and oxygen atoms in total. The van der Waals surface area contributed by atoms with Crippen molar-refractivity contribution < 1.29 is 58.1 Å². The monoisotopic (exact) mass is 712 g/mol. The van der Waals surface area contributed by atoms with Crippen LogP contribution < -0.4 is 0 Å². The fourth-order valence-electron chi connectivity index (χ4n) is 10.3. The van der Waals surface area contributed by atoms with Crippen molar-refractivity contribution in [3.63, 3.8) is 0 Å². The van der Waals surface area contributed by atoms with Crippen molar-refractivity contribution in [3.05, 3.63) is 0 Å². The van der Waals surface area contributed by atoms with Crippen LogP contribution in [0.25, 0.3) is 0 Å². The Morgan fingerprint density at radius 1 is 1.00 bits per heavy atom. The number of carboxylic acids is 1. The molecule has 0 aromatic heterocycles. The molecule has 5 saturated heterocycles. The minimum Gasteiger partial charge on any atom is -0.481 e. The topological polar surface area (TPSA) is 159 Å². The molecule has 0 aromatic rings. The molecule has 5 heterocycles. The summed E-state index contributed by atoms with van der Waals surface area (Å²) in [7, 11) is 1.52. The van der Waals surface area contributed by atoms with E-state index in [-0.39, 0.29) is 60.0 Å². The number of esters is 1. The summed E-state index contributed by atoms with van der Waals surface area (Å²) in [5.74, 6) is -5.09. The number of aliphatic carboxylic acids is 1. The van der Waals surface area contributed by atoms with Gasteiger partial charge in [0.05, 0.1) is 60.4 Å². The van der Waals surface area contributed by atoms with Gasteiger partial charge in [-0.05, 0) is 64.2 Å². The summed E-state index contributed by atoms with van der Waals surface area (Å²) in [4.78, 5) is 24.2. The van der Waals surface area contributed by atoms with E-state index in [4.69, 9.17) is 33.2 Å².